The van der Waals surface area contributed by atoms with Crippen molar-refractivity contribution >= 4 is 17.1 Å². The first kappa shape index (κ1) is 13.9. The summed E-state index contributed by atoms with van der Waals surface area (Å²) < 4.78 is 19.2. The third kappa shape index (κ3) is 2.26. The van der Waals surface area contributed by atoms with Gasteiger partial charge in [0.2, 0.25) is 0 Å². The van der Waals surface area contributed by atoms with Gasteiger partial charge in [-0.3, -0.25) is 9.88 Å². The number of oxazole rings is 1. The maximum Gasteiger partial charge on any atom is 0.298 e. The molecule has 0 saturated carbocycles. The molecule has 0 N–H and O–H groups in total. The molecule has 0 spiro atoms. The summed E-state index contributed by atoms with van der Waals surface area (Å²) in [5.41, 5.74) is 2.33. The Morgan fingerprint density at radius 3 is 2.92 bits per heavy atom. The van der Waals surface area contributed by atoms with Crippen molar-refractivity contribution in [2.45, 2.75) is 25.0 Å². The maximum atomic E-state index is 13.3. The lowest BCUT2D eigenvalue weighted by Crippen LogP contribution is -2.46. The molecule has 2 aromatic heterocycles. The molecule has 2 unspecified atom stereocenters. The number of nitrogens with zero attached hydrogens (tertiary/aromatic N) is 4. The molecular weight excluding hydrogens is 307 g/mol. The second-order valence-electron chi connectivity index (χ2n) is 6.55. The van der Waals surface area contributed by atoms with Crippen LogP contribution in [0.3, 0.4) is 0 Å². The molecule has 2 atom stereocenters. The molecule has 5 rings (SSSR count). The van der Waals surface area contributed by atoms with E-state index in [4.69, 9.17) is 4.42 Å². The standard InChI is InChI=1S/C18H17FN4O/c19-12-4-5-17-16(7-12)21-18(24-17)23-11-14-8-15(23)10-22(14)9-13-3-1-2-6-20-13/h1-7,14-15H,8-11H2. The first-order chi connectivity index (χ1) is 11.8. The monoisotopic (exact) mass is 324 g/mol. The molecule has 1 aromatic carbocycles. The summed E-state index contributed by atoms with van der Waals surface area (Å²) in [5, 5.41) is 0. The smallest absolute Gasteiger partial charge is 0.298 e. The fourth-order valence-electron chi connectivity index (χ4n) is 3.89. The van der Waals surface area contributed by atoms with Crippen molar-refractivity contribution in [2.75, 3.05) is 18.0 Å². The van der Waals surface area contributed by atoms with Gasteiger partial charge in [-0.25, -0.2) is 4.39 Å². The Balaban J connectivity index is 1.34. The normalized spacial score (nSPS) is 23.5. The van der Waals surface area contributed by atoms with E-state index < -0.39 is 0 Å². The van der Waals surface area contributed by atoms with Gasteiger partial charge in [-0.15, -0.1) is 0 Å². The van der Waals surface area contributed by atoms with E-state index >= 15 is 0 Å². The largest absolute Gasteiger partial charge is 0.423 e. The Kier molecular flexibility index (Phi) is 3.06. The third-order valence-electron chi connectivity index (χ3n) is 5.03. The van der Waals surface area contributed by atoms with Gasteiger partial charge in [0.15, 0.2) is 5.58 Å². The molecule has 6 heteroatoms. The van der Waals surface area contributed by atoms with Crippen LogP contribution in [0.1, 0.15) is 12.1 Å². The van der Waals surface area contributed by atoms with Crippen LogP contribution in [0, 0.1) is 5.82 Å². The van der Waals surface area contributed by atoms with E-state index in [-0.39, 0.29) is 5.82 Å². The number of benzene rings is 1. The van der Waals surface area contributed by atoms with Gasteiger partial charge in [0.1, 0.15) is 11.3 Å². The van der Waals surface area contributed by atoms with Gasteiger partial charge in [0.25, 0.3) is 6.01 Å². The highest BCUT2D eigenvalue weighted by atomic mass is 19.1. The van der Waals surface area contributed by atoms with Crippen molar-refractivity contribution in [3.8, 4) is 0 Å². The highest BCUT2D eigenvalue weighted by molar-refractivity contribution is 5.74. The minimum atomic E-state index is -0.285. The number of fused-ring (bicyclic) bond motifs is 3. The van der Waals surface area contributed by atoms with E-state index in [1.165, 1.54) is 12.1 Å². The number of likely N-dealkylation sites (tertiary alicyclic amines) is 1. The summed E-state index contributed by atoms with van der Waals surface area (Å²) in [7, 11) is 0. The number of hydrogen-bond donors (Lipinski definition) is 0. The number of halogens is 1. The van der Waals surface area contributed by atoms with E-state index in [9.17, 15) is 4.39 Å². The number of rotatable bonds is 3. The van der Waals surface area contributed by atoms with E-state index in [1.54, 1.807) is 6.07 Å². The Morgan fingerprint density at radius 1 is 1.17 bits per heavy atom. The zero-order chi connectivity index (χ0) is 16.1. The number of pyridine rings is 1. The molecule has 2 aliphatic rings. The van der Waals surface area contributed by atoms with Crippen molar-refractivity contribution in [2.24, 2.45) is 0 Å². The van der Waals surface area contributed by atoms with E-state index in [2.05, 4.69) is 25.8 Å². The lowest BCUT2D eigenvalue weighted by atomic mass is 10.2. The summed E-state index contributed by atoms with van der Waals surface area (Å²) in [6.07, 6.45) is 2.95. The maximum absolute atomic E-state index is 13.3. The highest BCUT2D eigenvalue weighted by Crippen LogP contribution is 2.36. The van der Waals surface area contributed by atoms with Gasteiger partial charge in [0.05, 0.1) is 5.69 Å². The van der Waals surface area contributed by atoms with Crippen LogP contribution in [0.4, 0.5) is 10.4 Å². The number of aromatic nitrogens is 2. The zero-order valence-corrected chi connectivity index (χ0v) is 13.1. The summed E-state index contributed by atoms with van der Waals surface area (Å²) in [6, 6.07) is 12.0. The van der Waals surface area contributed by atoms with Crippen LogP contribution in [-0.2, 0) is 6.54 Å². The zero-order valence-electron chi connectivity index (χ0n) is 13.1. The molecule has 0 amide bonds. The molecule has 24 heavy (non-hydrogen) atoms. The average Bonchev–Trinajstić information content (AvgIpc) is 3.28. The SMILES string of the molecule is Fc1ccc2oc(N3CC4CC3CN4Cc3ccccn3)nc2c1. The second-order valence-corrected chi connectivity index (χ2v) is 6.55. The average molecular weight is 324 g/mol. The molecule has 2 aliphatic heterocycles. The Hall–Kier alpha value is -2.47. The minimum absolute atomic E-state index is 0.285. The van der Waals surface area contributed by atoms with Gasteiger partial charge in [0, 0.05) is 44.0 Å². The van der Waals surface area contributed by atoms with Gasteiger partial charge in [-0.2, -0.15) is 4.98 Å². The van der Waals surface area contributed by atoms with Crippen LogP contribution in [-0.4, -0.2) is 40.0 Å². The van der Waals surface area contributed by atoms with Crippen LogP contribution < -0.4 is 4.90 Å². The van der Waals surface area contributed by atoms with Crippen molar-refractivity contribution in [3.05, 3.63) is 54.1 Å². The molecule has 0 aliphatic carbocycles. The quantitative estimate of drug-likeness (QED) is 0.741. The lowest BCUT2D eigenvalue weighted by molar-refractivity contribution is 0.225. The summed E-state index contributed by atoms with van der Waals surface area (Å²) >= 11 is 0. The van der Waals surface area contributed by atoms with E-state index in [0.29, 0.717) is 29.2 Å². The van der Waals surface area contributed by atoms with Crippen LogP contribution >= 0.6 is 0 Å². The summed E-state index contributed by atoms with van der Waals surface area (Å²) in [4.78, 5) is 13.6. The van der Waals surface area contributed by atoms with Gasteiger partial charge >= 0.3 is 0 Å². The Bertz CT molecular complexity index is 881. The molecule has 0 radical (unpaired) electrons. The highest BCUT2D eigenvalue weighted by Gasteiger charge is 2.44. The number of piperazine rings is 1. The fraction of sp³-hybridized carbons (Fsp3) is 0.333. The number of hydrogen-bond acceptors (Lipinski definition) is 5. The predicted molar refractivity (Wildman–Crippen MR) is 88.2 cm³/mol. The Morgan fingerprint density at radius 2 is 2.12 bits per heavy atom. The minimum Gasteiger partial charge on any atom is -0.423 e. The topological polar surface area (TPSA) is 45.4 Å². The predicted octanol–water partition coefficient (Wildman–Crippen LogP) is 2.83. The summed E-state index contributed by atoms with van der Waals surface area (Å²) in [6.45, 7) is 2.76. The second kappa shape index (κ2) is 5.27. The molecule has 122 valence electrons. The molecular formula is C18H17FN4O. The van der Waals surface area contributed by atoms with Crippen molar-refractivity contribution < 1.29 is 8.81 Å². The lowest BCUT2D eigenvalue weighted by Gasteiger charge is -2.33. The van der Waals surface area contributed by atoms with E-state index in [0.717, 1.165) is 31.7 Å². The first-order valence-corrected chi connectivity index (χ1v) is 8.23. The van der Waals surface area contributed by atoms with Gasteiger partial charge in [-0.1, -0.05) is 6.07 Å². The fourth-order valence-corrected chi connectivity index (χ4v) is 3.89. The molecule has 4 heterocycles. The molecule has 2 fully saturated rings. The number of anilines is 1. The van der Waals surface area contributed by atoms with Crippen molar-refractivity contribution in [1.82, 2.24) is 14.9 Å². The van der Waals surface area contributed by atoms with Crippen molar-refractivity contribution in [1.29, 1.82) is 0 Å². The van der Waals surface area contributed by atoms with E-state index in [1.807, 2.05) is 18.3 Å². The van der Waals surface area contributed by atoms with Gasteiger partial charge < -0.3 is 9.32 Å². The molecule has 3 aromatic rings. The van der Waals surface area contributed by atoms with Crippen LogP contribution in [0.5, 0.6) is 0 Å². The third-order valence-corrected chi connectivity index (χ3v) is 5.03. The van der Waals surface area contributed by atoms with Crippen molar-refractivity contribution in [3.63, 3.8) is 0 Å². The summed E-state index contributed by atoms with van der Waals surface area (Å²) in [5.74, 6) is -0.285. The van der Waals surface area contributed by atoms with Gasteiger partial charge in [-0.05, 0) is 30.7 Å². The van der Waals surface area contributed by atoms with Crippen LogP contribution in [0.2, 0.25) is 0 Å². The molecule has 5 nitrogen and oxygen atoms in total. The van der Waals surface area contributed by atoms with Crippen LogP contribution in [0.15, 0.2) is 47.0 Å². The first-order valence-electron chi connectivity index (χ1n) is 8.23. The molecule has 2 saturated heterocycles. The van der Waals surface area contributed by atoms with Crippen LogP contribution in [0.25, 0.3) is 11.1 Å². The Labute approximate surface area is 138 Å². The molecule has 2 bridgehead atoms.